The summed E-state index contributed by atoms with van der Waals surface area (Å²) in [7, 11) is 1.85. The lowest BCUT2D eigenvalue weighted by Crippen LogP contribution is -1.96. The molecule has 0 N–H and O–H groups in total. The van der Waals surface area contributed by atoms with E-state index in [-0.39, 0.29) is 5.78 Å². The maximum atomic E-state index is 11.5. The van der Waals surface area contributed by atoms with Crippen molar-refractivity contribution in [2.24, 2.45) is 7.05 Å². The van der Waals surface area contributed by atoms with E-state index in [1.807, 2.05) is 19.3 Å². The number of ketones is 1. The molecule has 0 saturated carbocycles. The molecule has 0 aliphatic heterocycles. The van der Waals surface area contributed by atoms with Gasteiger partial charge in [0.2, 0.25) is 0 Å². The van der Waals surface area contributed by atoms with E-state index in [1.54, 1.807) is 21.6 Å². The molecule has 0 spiro atoms. The van der Waals surface area contributed by atoms with Gasteiger partial charge in [-0.1, -0.05) is 0 Å². The average Bonchev–Trinajstić information content (AvgIpc) is 2.93. The van der Waals surface area contributed by atoms with Crippen LogP contribution in [-0.2, 0) is 7.05 Å². The first kappa shape index (κ1) is 10.6. The number of Topliss-reactive ketones (excluding diaryl/α,β-unsaturated/α-hetero) is 1. The SMILES string of the molecule is CC(=O)c1cnn2ccc(-c3cnn(C)c3)nc12. The Hall–Kier alpha value is -2.50. The Kier molecular flexibility index (Phi) is 2.22. The summed E-state index contributed by atoms with van der Waals surface area (Å²) in [5, 5.41) is 8.20. The molecule has 0 unspecified atom stereocenters. The fourth-order valence-corrected chi connectivity index (χ4v) is 1.83. The summed E-state index contributed by atoms with van der Waals surface area (Å²) < 4.78 is 3.31. The molecule has 0 aliphatic rings. The zero-order valence-corrected chi connectivity index (χ0v) is 10.0. The van der Waals surface area contributed by atoms with Gasteiger partial charge in [0.25, 0.3) is 0 Å². The number of carbonyl (C=O) groups excluding carboxylic acids is 1. The van der Waals surface area contributed by atoms with Crippen LogP contribution < -0.4 is 0 Å². The Morgan fingerprint density at radius 2 is 2.11 bits per heavy atom. The molecule has 0 fully saturated rings. The van der Waals surface area contributed by atoms with Gasteiger partial charge in [-0.25, -0.2) is 9.50 Å². The highest BCUT2D eigenvalue weighted by atomic mass is 16.1. The van der Waals surface area contributed by atoms with E-state index in [4.69, 9.17) is 0 Å². The van der Waals surface area contributed by atoms with Crippen molar-refractivity contribution in [2.45, 2.75) is 6.92 Å². The number of fused-ring (bicyclic) bond motifs is 1. The third-order valence-electron chi connectivity index (χ3n) is 2.75. The summed E-state index contributed by atoms with van der Waals surface area (Å²) in [5.74, 6) is -0.0409. The van der Waals surface area contributed by atoms with Gasteiger partial charge in [-0.05, 0) is 13.0 Å². The van der Waals surface area contributed by atoms with Crippen LogP contribution in [0.25, 0.3) is 16.9 Å². The molecule has 0 saturated heterocycles. The highest BCUT2D eigenvalue weighted by molar-refractivity contribution is 5.99. The van der Waals surface area contributed by atoms with Crippen molar-refractivity contribution in [3.8, 4) is 11.3 Å². The van der Waals surface area contributed by atoms with Crippen LogP contribution in [0.15, 0.2) is 30.9 Å². The topological polar surface area (TPSA) is 65.1 Å². The Bertz CT molecular complexity index is 740. The van der Waals surface area contributed by atoms with Gasteiger partial charge in [-0.3, -0.25) is 9.48 Å². The second-order valence-corrected chi connectivity index (χ2v) is 4.10. The van der Waals surface area contributed by atoms with Crippen molar-refractivity contribution < 1.29 is 4.79 Å². The second-order valence-electron chi connectivity index (χ2n) is 4.10. The minimum atomic E-state index is -0.0409. The number of rotatable bonds is 2. The fraction of sp³-hybridized carbons (Fsp3) is 0.167. The van der Waals surface area contributed by atoms with Crippen LogP contribution in [0.4, 0.5) is 0 Å². The van der Waals surface area contributed by atoms with Gasteiger partial charge in [-0.15, -0.1) is 0 Å². The van der Waals surface area contributed by atoms with Crippen molar-refractivity contribution in [3.63, 3.8) is 0 Å². The van der Waals surface area contributed by atoms with Crippen molar-refractivity contribution in [1.29, 1.82) is 0 Å². The first-order chi connectivity index (χ1) is 8.65. The molecule has 0 amide bonds. The molecule has 3 rings (SSSR count). The van der Waals surface area contributed by atoms with Crippen LogP contribution in [0.2, 0.25) is 0 Å². The molecular weight excluding hydrogens is 230 g/mol. The Labute approximate surface area is 103 Å². The maximum absolute atomic E-state index is 11.5. The lowest BCUT2D eigenvalue weighted by Gasteiger charge is -1.99. The number of aryl methyl sites for hydroxylation is 1. The fourth-order valence-electron chi connectivity index (χ4n) is 1.83. The zero-order chi connectivity index (χ0) is 12.7. The number of hydrogen-bond acceptors (Lipinski definition) is 4. The van der Waals surface area contributed by atoms with Crippen LogP contribution >= 0.6 is 0 Å². The molecule has 0 aliphatic carbocycles. The predicted octanol–water partition coefficient (Wildman–Crippen LogP) is 1.33. The first-order valence-corrected chi connectivity index (χ1v) is 5.49. The van der Waals surface area contributed by atoms with Crippen LogP contribution in [0.1, 0.15) is 17.3 Å². The molecular formula is C12H11N5O. The summed E-state index contributed by atoms with van der Waals surface area (Å²) in [5.41, 5.74) is 2.79. The number of carbonyl (C=O) groups is 1. The summed E-state index contributed by atoms with van der Waals surface area (Å²) in [6, 6.07) is 1.85. The molecule has 90 valence electrons. The third-order valence-corrected chi connectivity index (χ3v) is 2.75. The molecule has 3 aromatic rings. The summed E-state index contributed by atoms with van der Waals surface area (Å²) in [4.78, 5) is 15.9. The molecule has 6 heteroatoms. The maximum Gasteiger partial charge on any atom is 0.166 e. The molecule has 3 heterocycles. The van der Waals surface area contributed by atoms with Crippen LogP contribution in [-0.4, -0.2) is 30.2 Å². The summed E-state index contributed by atoms with van der Waals surface area (Å²) in [6.07, 6.45) is 6.94. The van der Waals surface area contributed by atoms with E-state index in [0.29, 0.717) is 11.2 Å². The Balaban J connectivity index is 2.20. The van der Waals surface area contributed by atoms with Crippen molar-refractivity contribution in [1.82, 2.24) is 24.4 Å². The second kappa shape index (κ2) is 3.76. The van der Waals surface area contributed by atoms with Gasteiger partial charge >= 0.3 is 0 Å². The van der Waals surface area contributed by atoms with E-state index in [0.717, 1.165) is 11.3 Å². The van der Waals surface area contributed by atoms with Gasteiger partial charge in [-0.2, -0.15) is 10.2 Å². The molecule has 0 radical (unpaired) electrons. The highest BCUT2D eigenvalue weighted by Crippen LogP contribution is 2.18. The minimum absolute atomic E-state index is 0.0409. The van der Waals surface area contributed by atoms with Crippen molar-refractivity contribution >= 4 is 11.4 Å². The van der Waals surface area contributed by atoms with Gasteiger partial charge in [0.15, 0.2) is 11.4 Å². The quantitative estimate of drug-likeness (QED) is 0.635. The van der Waals surface area contributed by atoms with Crippen LogP contribution in [0.3, 0.4) is 0 Å². The summed E-state index contributed by atoms with van der Waals surface area (Å²) in [6.45, 7) is 1.51. The zero-order valence-electron chi connectivity index (χ0n) is 10.0. The Morgan fingerprint density at radius 1 is 1.28 bits per heavy atom. The number of aromatic nitrogens is 5. The number of hydrogen-bond donors (Lipinski definition) is 0. The molecule has 18 heavy (non-hydrogen) atoms. The smallest absolute Gasteiger partial charge is 0.166 e. The van der Waals surface area contributed by atoms with E-state index in [2.05, 4.69) is 15.2 Å². The molecule has 0 atom stereocenters. The molecule has 3 aromatic heterocycles. The Morgan fingerprint density at radius 3 is 2.78 bits per heavy atom. The normalized spacial score (nSPS) is 11.0. The van der Waals surface area contributed by atoms with Crippen molar-refractivity contribution in [3.05, 3.63) is 36.4 Å². The van der Waals surface area contributed by atoms with Gasteiger partial charge in [0.05, 0.1) is 23.7 Å². The number of nitrogens with zero attached hydrogens (tertiary/aromatic N) is 5. The van der Waals surface area contributed by atoms with Crippen LogP contribution in [0, 0.1) is 0 Å². The van der Waals surface area contributed by atoms with Gasteiger partial charge < -0.3 is 0 Å². The lowest BCUT2D eigenvalue weighted by atomic mass is 10.2. The first-order valence-electron chi connectivity index (χ1n) is 5.49. The lowest BCUT2D eigenvalue weighted by molar-refractivity contribution is 0.101. The standard InChI is InChI=1S/C12H11N5O/c1-8(18)10-6-14-17-4-3-11(15-12(10)17)9-5-13-16(2)7-9/h3-7H,1-2H3. The monoisotopic (exact) mass is 241 g/mol. The summed E-state index contributed by atoms with van der Waals surface area (Å²) >= 11 is 0. The molecule has 0 aromatic carbocycles. The van der Waals surface area contributed by atoms with E-state index in [1.165, 1.54) is 13.1 Å². The van der Waals surface area contributed by atoms with E-state index in [9.17, 15) is 4.79 Å². The van der Waals surface area contributed by atoms with Gasteiger partial charge in [0.1, 0.15) is 0 Å². The average molecular weight is 241 g/mol. The van der Waals surface area contributed by atoms with E-state index < -0.39 is 0 Å². The largest absolute Gasteiger partial charge is 0.294 e. The van der Waals surface area contributed by atoms with Gasteiger partial charge in [0, 0.05) is 25.0 Å². The van der Waals surface area contributed by atoms with E-state index >= 15 is 0 Å². The third kappa shape index (κ3) is 1.58. The minimum Gasteiger partial charge on any atom is -0.294 e. The highest BCUT2D eigenvalue weighted by Gasteiger charge is 2.11. The van der Waals surface area contributed by atoms with Crippen molar-refractivity contribution in [2.75, 3.05) is 0 Å². The molecule has 6 nitrogen and oxygen atoms in total. The predicted molar refractivity (Wildman–Crippen MR) is 65.2 cm³/mol. The van der Waals surface area contributed by atoms with Crippen LogP contribution in [0.5, 0.6) is 0 Å². The molecule has 0 bridgehead atoms.